The van der Waals surface area contributed by atoms with E-state index < -0.39 is 10.0 Å². The summed E-state index contributed by atoms with van der Waals surface area (Å²) in [7, 11) is -3.52. The van der Waals surface area contributed by atoms with Crippen LogP contribution in [0.1, 0.15) is 61.9 Å². The number of rotatable bonds is 3. The second-order valence-corrected chi connectivity index (χ2v) is 9.77. The van der Waals surface area contributed by atoms with Gasteiger partial charge in [-0.2, -0.15) is 4.31 Å². The summed E-state index contributed by atoms with van der Waals surface area (Å²) in [5, 5.41) is 0.661. The zero-order valence-corrected chi connectivity index (χ0v) is 17.0. The van der Waals surface area contributed by atoms with Gasteiger partial charge in [0.25, 0.3) is 5.91 Å². The van der Waals surface area contributed by atoms with Crippen LogP contribution in [0.15, 0.2) is 33.6 Å². The number of nitrogens with zero attached hydrogens (tertiary/aromatic N) is 2. The van der Waals surface area contributed by atoms with Crippen molar-refractivity contribution in [1.82, 2.24) is 9.21 Å². The summed E-state index contributed by atoms with van der Waals surface area (Å²) in [5.74, 6) is 0.191. The first-order chi connectivity index (χ1) is 13.6. The van der Waals surface area contributed by atoms with Gasteiger partial charge in [0, 0.05) is 31.6 Å². The molecule has 152 valence electrons. The Bertz CT molecular complexity index is 934. The fraction of sp³-hybridized carbons (Fsp3) is 0.571. The third kappa shape index (κ3) is 3.96. The van der Waals surface area contributed by atoms with Gasteiger partial charge in [-0.15, -0.1) is 0 Å². The lowest BCUT2D eigenvalue weighted by molar-refractivity contribution is 0.0732. The number of furan rings is 1. The first-order valence-corrected chi connectivity index (χ1v) is 11.8. The predicted octanol–water partition coefficient (Wildman–Crippen LogP) is 4.01. The van der Waals surface area contributed by atoms with E-state index in [0.717, 1.165) is 64.5 Å². The number of sulfonamides is 1. The minimum absolute atomic E-state index is 0.102. The average molecular weight is 405 g/mol. The van der Waals surface area contributed by atoms with Crippen LogP contribution >= 0.6 is 0 Å². The molecule has 0 unspecified atom stereocenters. The van der Waals surface area contributed by atoms with Gasteiger partial charge in [0.2, 0.25) is 10.0 Å². The molecule has 1 amide bonds. The van der Waals surface area contributed by atoms with Crippen molar-refractivity contribution in [1.29, 1.82) is 0 Å². The minimum Gasteiger partial charge on any atom is -0.451 e. The van der Waals surface area contributed by atoms with Gasteiger partial charge in [-0.25, -0.2) is 8.42 Å². The van der Waals surface area contributed by atoms with Crippen LogP contribution in [-0.4, -0.2) is 49.7 Å². The van der Waals surface area contributed by atoms with E-state index in [-0.39, 0.29) is 10.8 Å². The largest absolute Gasteiger partial charge is 0.451 e. The topological polar surface area (TPSA) is 70.8 Å². The molecule has 2 aliphatic rings. The molecule has 1 aromatic carbocycles. The molecular weight excluding hydrogens is 376 g/mol. The Morgan fingerprint density at radius 1 is 0.821 bits per heavy atom. The number of benzene rings is 1. The summed E-state index contributed by atoms with van der Waals surface area (Å²) in [6.45, 7) is 2.66. The third-order valence-corrected chi connectivity index (χ3v) is 7.69. The van der Waals surface area contributed by atoms with Crippen molar-refractivity contribution in [2.45, 2.75) is 56.3 Å². The lowest BCUT2D eigenvalue weighted by Gasteiger charge is -2.19. The molecule has 2 aromatic rings. The van der Waals surface area contributed by atoms with Crippen molar-refractivity contribution < 1.29 is 17.6 Å². The van der Waals surface area contributed by atoms with E-state index in [1.54, 1.807) is 28.6 Å². The van der Waals surface area contributed by atoms with Crippen LogP contribution in [0.5, 0.6) is 0 Å². The zero-order chi connectivity index (χ0) is 19.6. The highest BCUT2D eigenvalue weighted by Gasteiger charge is 2.26. The van der Waals surface area contributed by atoms with E-state index in [4.69, 9.17) is 4.42 Å². The number of carbonyl (C=O) groups excluding carboxylic acids is 1. The second-order valence-electron chi connectivity index (χ2n) is 7.83. The van der Waals surface area contributed by atoms with E-state index in [1.807, 2.05) is 4.90 Å². The predicted molar refractivity (Wildman–Crippen MR) is 108 cm³/mol. The number of fused-ring (bicyclic) bond motifs is 1. The number of hydrogen-bond donors (Lipinski definition) is 0. The van der Waals surface area contributed by atoms with Gasteiger partial charge in [-0.1, -0.05) is 25.7 Å². The summed E-state index contributed by atoms with van der Waals surface area (Å²) in [5.41, 5.74) is 0.549. The second kappa shape index (κ2) is 8.25. The molecular formula is C21H28N2O4S. The molecule has 0 spiro atoms. The van der Waals surface area contributed by atoms with Gasteiger partial charge in [0.15, 0.2) is 5.76 Å². The number of amides is 1. The summed E-state index contributed by atoms with van der Waals surface area (Å²) < 4.78 is 33.4. The molecule has 6 nitrogen and oxygen atoms in total. The highest BCUT2D eigenvalue weighted by Crippen LogP contribution is 2.27. The molecule has 2 fully saturated rings. The summed E-state index contributed by atoms with van der Waals surface area (Å²) in [6.07, 6.45) is 8.31. The van der Waals surface area contributed by atoms with Gasteiger partial charge in [-0.3, -0.25) is 4.79 Å². The van der Waals surface area contributed by atoms with Gasteiger partial charge >= 0.3 is 0 Å². The quantitative estimate of drug-likeness (QED) is 0.775. The van der Waals surface area contributed by atoms with Crippen LogP contribution < -0.4 is 0 Å². The van der Waals surface area contributed by atoms with Gasteiger partial charge in [0.05, 0.1) is 4.90 Å². The molecule has 0 N–H and O–H groups in total. The highest BCUT2D eigenvalue weighted by atomic mass is 32.2. The van der Waals surface area contributed by atoms with Crippen LogP contribution in [0.25, 0.3) is 11.0 Å². The Hall–Kier alpha value is -1.86. The first-order valence-electron chi connectivity index (χ1n) is 10.4. The fourth-order valence-corrected chi connectivity index (χ4v) is 5.70. The van der Waals surface area contributed by atoms with Gasteiger partial charge in [0.1, 0.15) is 5.58 Å². The van der Waals surface area contributed by atoms with Crippen LogP contribution in [0, 0.1) is 0 Å². The van der Waals surface area contributed by atoms with E-state index in [0.29, 0.717) is 29.8 Å². The third-order valence-electron chi connectivity index (χ3n) is 5.79. The lowest BCUT2D eigenvalue weighted by Crippen LogP contribution is -2.31. The Morgan fingerprint density at radius 2 is 1.43 bits per heavy atom. The summed E-state index contributed by atoms with van der Waals surface area (Å²) in [6, 6.07) is 6.58. The maximum absolute atomic E-state index is 13.0. The van der Waals surface area contributed by atoms with Crippen molar-refractivity contribution in [2.75, 3.05) is 26.2 Å². The Morgan fingerprint density at radius 3 is 2.07 bits per heavy atom. The maximum atomic E-state index is 13.0. The molecule has 0 radical (unpaired) electrons. The highest BCUT2D eigenvalue weighted by molar-refractivity contribution is 7.89. The van der Waals surface area contributed by atoms with Crippen LogP contribution in [-0.2, 0) is 10.0 Å². The molecule has 2 aliphatic heterocycles. The SMILES string of the molecule is O=C(c1cc2cc(S(=O)(=O)N3CCCCCC3)ccc2o1)N1CCCCCC1. The minimum atomic E-state index is -3.52. The number of hydrogen-bond acceptors (Lipinski definition) is 4. The van der Waals surface area contributed by atoms with E-state index in [9.17, 15) is 13.2 Å². The Kier molecular flexibility index (Phi) is 5.73. The van der Waals surface area contributed by atoms with Gasteiger partial charge < -0.3 is 9.32 Å². The maximum Gasteiger partial charge on any atom is 0.289 e. The van der Waals surface area contributed by atoms with Crippen molar-refractivity contribution in [2.24, 2.45) is 0 Å². The molecule has 3 heterocycles. The van der Waals surface area contributed by atoms with Crippen molar-refractivity contribution in [3.8, 4) is 0 Å². The molecule has 28 heavy (non-hydrogen) atoms. The number of likely N-dealkylation sites (tertiary alicyclic amines) is 1. The van der Waals surface area contributed by atoms with Crippen molar-refractivity contribution >= 4 is 26.9 Å². The molecule has 4 rings (SSSR count). The van der Waals surface area contributed by atoms with Crippen LogP contribution in [0.4, 0.5) is 0 Å². The van der Waals surface area contributed by atoms with E-state index in [1.165, 1.54) is 0 Å². The molecule has 2 saturated heterocycles. The lowest BCUT2D eigenvalue weighted by atomic mass is 10.2. The van der Waals surface area contributed by atoms with Crippen molar-refractivity contribution in [3.05, 3.63) is 30.0 Å². The monoisotopic (exact) mass is 404 g/mol. The summed E-state index contributed by atoms with van der Waals surface area (Å²) >= 11 is 0. The Balaban J connectivity index is 1.60. The van der Waals surface area contributed by atoms with E-state index in [2.05, 4.69) is 0 Å². The van der Waals surface area contributed by atoms with E-state index >= 15 is 0 Å². The van der Waals surface area contributed by atoms with Crippen LogP contribution in [0.3, 0.4) is 0 Å². The smallest absolute Gasteiger partial charge is 0.289 e. The Labute approximate surface area is 166 Å². The number of carbonyl (C=O) groups is 1. The van der Waals surface area contributed by atoms with Crippen LogP contribution in [0.2, 0.25) is 0 Å². The van der Waals surface area contributed by atoms with Crippen molar-refractivity contribution in [3.63, 3.8) is 0 Å². The molecule has 1 aromatic heterocycles. The average Bonchev–Trinajstić information content (AvgIpc) is 2.90. The molecule has 0 atom stereocenters. The molecule has 0 saturated carbocycles. The van der Waals surface area contributed by atoms with Gasteiger partial charge in [-0.05, 0) is 49.9 Å². The standard InChI is InChI=1S/C21H28N2O4S/c24-21(22-11-5-1-2-6-12-22)20-16-17-15-18(9-10-19(17)27-20)28(25,26)23-13-7-3-4-8-14-23/h9-10,15-16H,1-8,11-14H2. The molecule has 7 heteroatoms. The summed E-state index contributed by atoms with van der Waals surface area (Å²) in [4.78, 5) is 14.9. The normalized spacial score (nSPS) is 20.1. The molecule has 0 aliphatic carbocycles. The zero-order valence-electron chi connectivity index (χ0n) is 16.2. The molecule has 0 bridgehead atoms. The fourth-order valence-electron chi connectivity index (χ4n) is 4.15. The first kappa shape index (κ1) is 19.5.